The van der Waals surface area contributed by atoms with Crippen LogP contribution in [-0.2, 0) is 9.47 Å². The average Bonchev–Trinajstić information content (AvgIpc) is 1.83. The predicted molar refractivity (Wildman–Crippen MR) is 33.1 cm³/mol. The molecule has 0 fully saturated rings. The molecule has 1 atom stereocenters. The molecule has 0 aromatic carbocycles. The van der Waals surface area contributed by atoms with Gasteiger partial charge in [-0.2, -0.15) is 0 Å². The lowest BCUT2D eigenvalue weighted by atomic mass is 10.7. The maximum atomic E-state index is 5.50. The second-order valence-electron chi connectivity index (χ2n) is 1.31. The Labute approximate surface area is 54.7 Å². The van der Waals surface area contributed by atoms with Gasteiger partial charge in [-0.3, -0.25) is 0 Å². The number of rotatable bonds is 4. The maximum Gasteiger partial charge on any atom is 0.153 e. The molecule has 0 saturated heterocycles. The van der Waals surface area contributed by atoms with E-state index in [0.29, 0.717) is 13.2 Å². The van der Waals surface area contributed by atoms with E-state index in [-0.39, 0.29) is 5.56 Å². The molecule has 0 rings (SSSR count). The van der Waals surface area contributed by atoms with Gasteiger partial charge in [-0.1, -0.05) is 11.6 Å². The molecule has 0 N–H and O–H groups in total. The van der Waals surface area contributed by atoms with Crippen molar-refractivity contribution in [2.75, 3.05) is 20.3 Å². The third kappa shape index (κ3) is 4.37. The lowest BCUT2D eigenvalue weighted by molar-refractivity contribution is 0.0555. The minimum atomic E-state index is -0.296. The molecule has 0 aromatic heterocycles. The second kappa shape index (κ2) is 5.35. The van der Waals surface area contributed by atoms with Crippen LogP contribution in [0.1, 0.15) is 6.92 Å². The minimum Gasteiger partial charge on any atom is -0.378 e. The van der Waals surface area contributed by atoms with Crippen molar-refractivity contribution in [1.29, 1.82) is 0 Å². The zero-order chi connectivity index (χ0) is 6.41. The van der Waals surface area contributed by atoms with E-state index in [0.717, 1.165) is 0 Å². The van der Waals surface area contributed by atoms with Crippen molar-refractivity contribution in [2.24, 2.45) is 0 Å². The van der Waals surface area contributed by atoms with Crippen LogP contribution in [0.15, 0.2) is 0 Å². The summed E-state index contributed by atoms with van der Waals surface area (Å²) in [7, 11) is 1.55. The molecule has 2 nitrogen and oxygen atoms in total. The standard InChI is InChI=1S/C5H11ClO2/c1-3-8-4-5(6)7-2/h5H,3-4H2,1-2H3. The van der Waals surface area contributed by atoms with Crippen LogP contribution in [0, 0.1) is 0 Å². The summed E-state index contributed by atoms with van der Waals surface area (Å²) >= 11 is 5.50. The van der Waals surface area contributed by atoms with Crippen molar-refractivity contribution < 1.29 is 9.47 Å². The van der Waals surface area contributed by atoms with Crippen LogP contribution < -0.4 is 0 Å². The highest BCUT2D eigenvalue weighted by Gasteiger charge is 1.97. The predicted octanol–water partition coefficient (Wildman–Crippen LogP) is 1.23. The summed E-state index contributed by atoms with van der Waals surface area (Å²) in [4.78, 5) is 0. The molecule has 0 aliphatic rings. The second-order valence-corrected chi connectivity index (χ2v) is 1.79. The Balaban J connectivity index is 2.86. The Morgan fingerprint density at radius 2 is 2.25 bits per heavy atom. The van der Waals surface area contributed by atoms with Gasteiger partial charge in [0.1, 0.15) is 0 Å². The molecule has 1 unspecified atom stereocenters. The van der Waals surface area contributed by atoms with Crippen LogP contribution in [0.5, 0.6) is 0 Å². The molecule has 0 saturated carbocycles. The monoisotopic (exact) mass is 138 g/mol. The van der Waals surface area contributed by atoms with E-state index < -0.39 is 0 Å². The van der Waals surface area contributed by atoms with Crippen LogP contribution in [0.25, 0.3) is 0 Å². The fraction of sp³-hybridized carbons (Fsp3) is 1.00. The number of hydrogen-bond acceptors (Lipinski definition) is 2. The third-order valence-corrected chi connectivity index (χ3v) is 1.01. The minimum absolute atomic E-state index is 0.296. The van der Waals surface area contributed by atoms with Crippen molar-refractivity contribution in [3.8, 4) is 0 Å². The van der Waals surface area contributed by atoms with Gasteiger partial charge in [-0.05, 0) is 6.92 Å². The van der Waals surface area contributed by atoms with Crippen molar-refractivity contribution in [1.82, 2.24) is 0 Å². The summed E-state index contributed by atoms with van der Waals surface area (Å²) in [6.45, 7) is 3.07. The smallest absolute Gasteiger partial charge is 0.153 e. The number of alkyl halides is 1. The van der Waals surface area contributed by atoms with Gasteiger partial charge in [0.25, 0.3) is 0 Å². The van der Waals surface area contributed by atoms with Crippen LogP contribution in [0.4, 0.5) is 0 Å². The first-order valence-electron chi connectivity index (χ1n) is 2.55. The van der Waals surface area contributed by atoms with Crippen molar-refractivity contribution in [3.05, 3.63) is 0 Å². The number of hydrogen-bond donors (Lipinski definition) is 0. The van der Waals surface area contributed by atoms with Crippen molar-refractivity contribution in [3.63, 3.8) is 0 Å². The van der Waals surface area contributed by atoms with Gasteiger partial charge in [0, 0.05) is 13.7 Å². The lowest BCUT2D eigenvalue weighted by Gasteiger charge is -2.04. The average molecular weight is 139 g/mol. The molecule has 0 amide bonds. The molecular weight excluding hydrogens is 128 g/mol. The summed E-state index contributed by atoms with van der Waals surface area (Å²) in [6, 6.07) is 0. The first-order chi connectivity index (χ1) is 3.81. The van der Waals surface area contributed by atoms with Crippen LogP contribution in [-0.4, -0.2) is 25.9 Å². The van der Waals surface area contributed by atoms with Gasteiger partial charge in [-0.15, -0.1) is 0 Å². The van der Waals surface area contributed by atoms with Gasteiger partial charge in [0.15, 0.2) is 5.56 Å². The lowest BCUT2D eigenvalue weighted by Crippen LogP contribution is -2.10. The zero-order valence-corrected chi connectivity index (χ0v) is 5.94. The van der Waals surface area contributed by atoms with Crippen molar-refractivity contribution >= 4 is 11.6 Å². The number of halogens is 1. The molecule has 0 heterocycles. The summed E-state index contributed by atoms with van der Waals surface area (Å²) in [5.41, 5.74) is -0.296. The number of ether oxygens (including phenoxy) is 2. The maximum absolute atomic E-state index is 5.50. The van der Waals surface area contributed by atoms with E-state index in [1.165, 1.54) is 0 Å². The van der Waals surface area contributed by atoms with E-state index in [1.54, 1.807) is 7.11 Å². The van der Waals surface area contributed by atoms with Crippen LogP contribution >= 0.6 is 11.6 Å². The molecule has 50 valence electrons. The van der Waals surface area contributed by atoms with E-state index in [4.69, 9.17) is 21.1 Å². The Morgan fingerprint density at radius 1 is 1.62 bits per heavy atom. The highest BCUT2D eigenvalue weighted by atomic mass is 35.5. The molecule has 3 heteroatoms. The summed E-state index contributed by atoms with van der Waals surface area (Å²) in [5.74, 6) is 0. The van der Waals surface area contributed by atoms with Crippen LogP contribution in [0.2, 0.25) is 0 Å². The molecule has 0 aliphatic heterocycles. The fourth-order valence-corrected chi connectivity index (χ4v) is 0.368. The summed E-state index contributed by atoms with van der Waals surface area (Å²) in [6.07, 6.45) is 0. The Morgan fingerprint density at radius 3 is 2.62 bits per heavy atom. The normalized spacial score (nSPS) is 13.9. The molecule has 0 spiro atoms. The zero-order valence-electron chi connectivity index (χ0n) is 5.19. The van der Waals surface area contributed by atoms with E-state index in [1.807, 2.05) is 6.92 Å². The Bertz CT molecular complexity index is 49.7. The quantitative estimate of drug-likeness (QED) is 0.545. The molecule has 0 aromatic rings. The molecule has 0 bridgehead atoms. The van der Waals surface area contributed by atoms with Gasteiger partial charge >= 0.3 is 0 Å². The highest BCUT2D eigenvalue weighted by Crippen LogP contribution is 1.95. The first-order valence-corrected chi connectivity index (χ1v) is 2.99. The SMILES string of the molecule is CCOCC(Cl)OC. The Kier molecular flexibility index (Phi) is 5.49. The fourth-order valence-electron chi connectivity index (χ4n) is 0.279. The highest BCUT2D eigenvalue weighted by molar-refractivity contribution is 6.19. The molecular formula is C5H11ClO2. The summed E-state index contributed by atoms with van der Waals surface area (Å²) < 4.78 is 9.62. The van der Waals surface area contributed by atoms with E-state index >= 15 is 0 Å². The first kappa shape index (κ1) is 8.21. The molecule has 0 radical (unpaired) electrons. The number of methoxy groups -OCH3 is 1. The van der Waals surface area contributed by atoms with Crippen LogP contribution in [0.3, 0.4) is 0 Å². The molecule has 8 heavy (non-hydrogen) atoms. The van der Waals surface area contributed by atoms with Crippen molar-refractivity contribution in [2.45, 2.75) is 12.5 Å². The van der Waals surface area contributed by atoms with Gasteiger partial charge < -0.3 is 9.47 Å². The third-order valence-electron chi connectivity index (χ3n) is 0.709. The van der Waals surface area contributed by atoms with Gasteiger partial charge in [0.2, 0.25) is 0 Å². The summed E-state index contributed by atoms with van der Waals surface area (Å²) in [5, 5.41) is 0. The Hall–Kier alpha value is 0.210. The van der Waals surface area contributed by atoms with Gasteiger partial charge in [0.05, 0.1) is 6.61 Å². The van der Waals surface area contributed by atoms with Gasteiger partial charge in [-0.25, -0.2) is 0 Å². The largest absolute Gasteiger partial charge is 0.378 e. The molecule has 0 aliphatic carbocycles. The van der Waals surface area contributed by atoms with E-state index in [9.17, 15) is 0 Å². The topological polar surface area (TPSA) is 18.5 Å². The van der Waals surface area contributed by atoms with E-state index in [2.05, 4.69) is 0 Å².